The van der Waals surface area contributed by atoms with Crippen molar-refractivity contribution in [2.45, 2.75) is 64.6 Å². The maximum atomic E-state index is 10.7. The lowest BCUT2D eigenvalue weighted by molar-refractivity contribution is -0.0663. The first-order valence-electron chi connectivity index (χ1n) is 7.13. The van der Waals surface area contributed by atoms with Gasteiger partial charge >= 0.3 is 0 Å². The van der Waals surface area contributed by atoms with Crippen LogP contribution in [0.5, 0.6) is 0 Å². The first-order chi connectivity index (χ1) is 7.68. The molecule has 98 valence electrons. The summed E-state index contributed by atoms with van der Waals surface area (Å²) in [5.41, 5.74) is -0.738. The van der Waals surface area contributed by atoms with Crippen molar-refractivity contribution in [3.63, 3.8) is 0 Å². The predicted molar refractivity (Wildman–Crippen MR) is 67.5 cm³/mol. The zero-order valence-corrected chi connectivity index (χ0v) is 11.5. The van der Waals surface area contributed by atoms with Gasteiger partial charge in [-0.1, -0.05) is 13.8 Å². The SMILES string of the molecule is CC1(C)C2[C@@H]3[C@@H](CC[C@@]3(C)O)[C@](C)(O)CC[C@@H]21. The standard InChI is InChI=1S/C15H26O2/c1-13(2)9-5-7-14(3,16)10-6-8-15(4,17)12(10)11(9)13/h9-12,16-17H,5-8H2,1-4H3/t9-,10+,11?,12-,14+,15+/m0/s1. The Kier molecular flexibility index (Phi) is 2.17. The van der Waals surface area contributed by atoms with Gasteiger partial charge in [0.2, 0.25) is 0 Å². The van der Waals surface area contributed by atoms with E-state index in [0.29, 0.717) is 29.1 Å². The van der Waals surface area contributed by atoms with Crippen LogP contribution in [0.3, 0.4) is 0 Å². The average molecular weight is 238 g/mol. The van der Waals surface area contributed by atoms with Crippen molar-refractivity contribution in [2.24, 2.45) is 29.1 Å². The van der Waals surface area contributed by atoms with Gasteiger partial charge in [-0.05, 0) is 68.6 Å². The van der Waals surface area contributed by atoms with Crippen LogP contribution in [0.1, 0.15) is 53.4 Å². The molecular weight excluding hydrogens is 212 g/mol. The molecule has 2 heteroatoms. The van der Waals surface area contributed by atoms with Crippen LogP contribution in [0.2, 0.25) is 0 Å². The van der Waals surface area contributed by atoms with E-state index in [9.17, 15) is 10.2 Å². The molecule has 3 aliphatic rings. The first kappa shape index (κ1) is 12.0. The van der Waals surface area contributed by atoms with Crippen LogP contribution in [-0.2, 0) is 0 Å². The van der Waals surface area contributed by atoms with E-state index in [0.717, 1.165) is 25.7 Å². The summed E-state index contributed by atoms with van der Waals surface area (Å²) in [4.78, 5) is 0. The molecule has 2 N–H and O–H groups in total. The number of fused-ring (bicyclic) bond motifs is 3. The molecule has 0 bridgehead atoms. The molecule has 0 aliphatic heterocycles. The van der Waals surface area contributed by atoms with Crippen LogP contribution < -0.4 is 0 Å². The molecule has 3 saturated carbocycles. The highest BCUT2D eigenvalue weighted by molar-refractivity contribution is 5.18. The quantitative estimate of drug-likeness (QED) is 0.681. The van der Waals surface area contributed by atoms with Crippen molar-refractivity contribution in [3.8, 4) is 0 Å². The van der Waals surface area contributed by atoms with Crippen LogP contribution in [0, 0.1) is 29.1 Å². The van der Waals surface area contributed by atoms with Crippen molar-refractivity contribution in [1.82, 2.24) is 0 Å². The molecular formula is C15H26O2. The second kappa shape index (κ2) is 3.08. The molecule has 3 aliphatic carbocycles. The lowest BCUT2D eigenvalue weighted by Crippen LogP contribution is -2.43. The number of aliphatic hydroxyl groups is 2. The zero-order chi connectivity index (χ0) is 12.6. The summed E-state index contributed by atoms with van der Waals surface area (Å²) in [5, 5.41) is 21.3. The van der Waals surface area contributed by atoms with Crippen LogP contribution in [-0.4, -0.2) is 21.4 Å². The average Bonchev–Trinajstić information content (AvgIpc) is 2.59. The molecule has 0 amide bonds. The Morgan fingerprint density at radius 2 is 1.29 bits per heavy atom. The van der Waals surface area contributed by atoms with Gasteiger partial charge in [-0.2, -0.15) is 0 Å². The smallest absolute Gasteiger partial charge is 0.0654 e. The van der Waals surface area contributed by atoms with Gasteiger partial charge in [0.1, 0.15) is 0 Å². The molecule has 17 heavy (non-hydrogen) atoms. The highest BCUT2D eigenvalue weighted by atomic mass is 16.3. The van der Waals surface area contributed by atoms with Crippen LogP contribution in [0.4, 0.5) is 0 Å². The van der Waals surface area contributed by atoms with Gasteiger partial charge in [-0.3, -0.25) is 0 Å². The van der Waals surface area contributed by atoms with E-state index in [2.05, 4.69) is 13.8 Å². The van der Waals surface area contributed by atoms with E-state index in [1.165, 1.54) is 0 Å². The van der Waals surface area contributed by atoms with E-state index >= 15 is 0 Å². The molecule has 6 atom stereocenters. The Hall–Kier alpha value is -0.0800. The van der Waals surface area contributed by atoms with Crippen molar-refractivity contribution in [2.75, 3.05) is 0 Å². The van der Waals surface area contributed by atoms with Crippen molar-refractivity contribution >= 4 is 0 Å². The van der Waals surface area contributed by atoms with Gasteiger partial charge < -0.3 is 10.2 Å². The van der Waals surface area contributed by atoms with E-state index in [1.807, 2.05) is 13.8 Å². The molecule has 0 saturated heterocycles. The summed E-state index contributed by atoms with van der Waals surface area (Å²) in [7, 11) is 0. The largest absolute Gasteiger partial charge is 0.390 e. The third-order valence-electron chi connectivity index (χ3n) is 6.40. The Morgan fingerprint density at radius 1 is 0.765 bits per heavy atom. The molecule has 0 spiro atoms. The van der Waals surface area contributed by atoms with Gasteiger partial charge in [0.05, 0.1) is 11.2 Å². The minimum atomic E-state index is -0.561. The van der Waals surface area contributed by atoms with Crippen LogP contribution in [0.15, 0.2) is 0 Å². The van der Waals surface area contributed by atoms with Gasteiger partial charge in [0.15, 0.2) is 0 Å². The van der Waals surface area contributed by atoms with Crippen molar-refractivity contribution in [1.29, 1.82) is 0 Å². The van der Waals surface area contributed by atoms with Gasteiger partial charge in [-0.25, -0.2) is 0 Å². The molecule has 0 aromatic carbocycles. The molecule has 2 nitrogen and oxygen atoms in total. The Labute approximate surface area is 104 Å². The Balaban J connectivity index is 1.99. The fourth-order valence-corrected chi connectivity index (χ4v) is 5.25. The van der Waals surface area contributed by atoms with Gasteiger partial charge in [-0.15, -0.1) is 0 Å². The minimum Gasteiger partial charge on any atom is -0.390 e. The molecule has 0 aromatic heterocycles. The minimum absolute atomic E-state index is 0.300. The number of rotatable bonds is 0. The first-order valence-corrected chi connectivity index (χ1v) is 7.13. The molecule has 0 heterocycles. The van der Waals surface area contributed by atoms with E-state index < -0.39 is 11.2 Å². The maximum Gasteiger partial charge on any atom is 0.0654 e. The summed E-state index contributed by atoms with van der Waals surface area (Å²) in [6.07, 6.45) is 3.89. The second-order valence-corrected chi connectivity index (χ2v) is 7.88. The van der Waals surface area contributed by atoms with Crippen LogP contribution >= 0.6 is 0 Å². The molecule has 0 aromatic rings. The van der Waals surface area contributed by atoms with Gasteiger partial charge in [0.25, 0.3) is 0 Å². The third kappa shape index (κ3) is 1.46. The second-order valence-electron chi connectivity index (χ2n) is 7.88. The molecule has 1 unspecified atom stereocenters. The van der Waals surface area contributed by atoms with Gasteiger partial charge in [0, 0.05) is 0 Å². The fourth-order valence-electron chi connectivity index (χ4n) is 5.25. The number of hydrogen-bond donors (Lipinski definition) is 2. The van der Waals surface area contributed by atoms with Crippen LogP contribution in [0.25, 0.3) is 0 Å². The Bertz CT molecular complexity index is 343. The Morgan fingerprint density at radius 3 is 1.94 bits per heavy atom. The summed E-state index contributed by atoms with van der Waals surface area (Å²) in [5.74, 6) is 1.95. The summed E-state index contributed by atoms with van der Waals surface area (Å²) in [6, 6.07) is 0. The van der Waals surface area contributed by atoms with Crippen molar-refractivity contribution in [3.05, 3.63) is 0 Å². The summed E-state index contributed by atoms with van der Waals surface area (Å²) >= 11 is 0. The lowest BCUT2D eigenvalue weighted by Gasteiger charge is -2.37. The van der Waals surface area contributed by atoms with E-state index in [-0.39, 0.29) is 0 Å². The van der Waals surface area contributed by atoms with E-state index in [1.54, 1.807) is 0 Å². The maximum absolute atomic E-state index is 10.7. The highest BCUT2D eigenvalue weighted by Gasteiger charge is 2.69. The predicted octanol–water partition coefficient (Wildman–Crippen LogP) is 2.58. The third-order valence-corrected chi connectivity index (χ3v) is 6.40. The monoisotopic (exact) mass is 238 g/mol. The summed E-state index contributed by atoms with van der Waals surface area (Å²) < 4.78 is 0. The molecule has 0 radical (unpaired) electrons. The van der Waals surface area contributed by atoms with Crippen molar-refractivity contribution < 1.29 is 10.2 Å². The fraction of sp³-hybridized carbons (Fsp3) is 1.00. The normalized spacial score (nSPS) is 60.4. The summed E-state index contributed by atoms with van der Waals surface area (Å²) in [6.45, 7) is 8.66. The highest BCUT2D eigenvalue weighted by Crippen LogP contribution is 2.71. The zero-order valence-electron chi connectivity index (χ0n) is 11.5. The topological polar surface area (TPSA) is 40.5 Å². The van der Waals surface area contributed by atoms with E-state index in [4.69, 9.17) is 0 Å². The molecule has 3 fully saturated rings. The lowest BCUT2D eigenvalue weighted by atomic mass is 9.73. The number of hydrogen-bond acceptors (Lipinski definition) is 2. The molecule has 3 rings (SSSR count).